The fraction of sp³-hybridized carbons (Fsp3) is 0.188. The molecule has 0 saturated carbocycles. The summed E-state index contributed by atoms with van der Waals surface area (Å²) in [5.74, 6) is 0.819. The number of hydrogen-bond acceptors (Lipinski definition) is 5. The van der Waals surface area contributed by atoms with Crippen LogP contribution in [0.4, 0.5) is 0 Å². The quantitative estimate of drug-likeness (QED) is 0.565. The number of aromatic nitrogens is 6. The molecule has 7 heteroatoms. The Morgan fingerprint density at radius 3 is 2.57 bits per heavy atom. The molecule has 0 unspecified atom stereocenters. The Morgan fingerprint density at radius 1 is 1.04 bits per heavy atom. The van der Waals surface area contributed by atoms with E-state index in [1.165, 1.54) is 16.4 Å². The van der Waals surface area contributed by atoms with Crippen molar-refractivity contribution in [3.05, 3.63) is 58.8 Å². The van der Waals surface area contributed by atoms with Gasteiger partial charge in [-0.15, -0.1) is 10.2 Å². The van der Waals surface area contributed by atoms with Crippen molar-refractivity contribution in [1.29, 1.82) is 0 Å². The summed E-state index contributed by atoms with van der Waals surface area (Å²) in [5.41, 5.74) is 2.64. The van der Waals surface area contributed by atoms with E-state index in [0.29, 0.717) is 17.2 Å². The lowest BCUT2D eigenvalue weighted by Crippen LogP contribution is -2.20. The lowest BCUT2D eigenvalue weighted by Gasteiger charge is -2.09. The Hall–Kier alpha value is -3.09. The maximum atomic E-state index is 12.7. The summed E-state index contributed by atoms with van der Waals surface area (Å²) < 4.78 is 3.07. The van der Waals surface area contributed by atoms with E-state index in [4.69, 9.17) is 0 Å². The van der Waals surface area contributed by atoms with Crippen molar-refractivity contribution in [1.82, 2.24) is 29.4 Å². The van der Waals surface area contributed by atoms with Gasteiger partial charge in [0.2, 0.25) is 0 Å². The van der Waals surface area contributed by atoms with E-state index < -0.39 is 0 Å². The monoisotopic (exact) mass is 306 g/mol. The minimum atomic E-state index is -0.232. The number of pyridine rings is 1. The largest absolute Gasteiger partial charge is 0.285 e. The van der Waals surface area contributed by atoms with Crippen LogP contribution < -0.4 is 5.56 Å². The van der Waals surface area contributed by atoms with Gasteiger partial charge in [-0.25, -0.2) is 0 Å². The van der Waals surface area contributed by atoms with E-state index in [9.17, 15) is 4.79 Å². The Balaban J connectivity index is 1.92. The van der Waals surface area contributed by atoms with E-state index >= 15 is 0 Å². The van der Waals surface area contributed by atoms with Gasteiger partial charge in [-0.1, -0.05) is 26.0 Å². The van der Waals surface area contributed by atoms with Crippen LogP contribution in [0.15, 0.2) is 47.7 Å². The Kier molecular flexibility index (Phi) is 2.94. The molecule has 3 aromatic heterocycles. The van der Waals surface area contributed by atoms with Crippen molar-refractivity contribution < 1.29 is 0 Å². The van der Waals surface area contributed by atoms with Crippen molar-refractivity contribution in [2.75, 3.05) is 0 Å². The zero-order valence-corrected chi connectivity index (χ0v) is 12.7. The molecule has 0 aliphatic rings. The molecule has 7 nitrogen and oxygen atoms in total. The molecular formula is C16H14N6O. The van der Waals surface area contributed by atoms with Crippen LogP contribution in [0.25, 0.3) is 22.5 Å². The van der Waals surface area contributed by atoms with Gasteiger partial charge in [-0.2, -0.15) is 14.6 Å². The molecule has 0 aliphatic carbocycles. The molecule has 0 amide bonds. The molecule has 23 heavy (non-hydrogen) atoms. The smallest absolute Gasteiger partial charge is 0.282 e. The maximum Gasteiger partial charge on any atom is 0.285 e. The van der Waals surface area contributed by atoms with Crippen LogP contribution in [-0.2, 0) is 0 Å². The summed E-state index contributed by atoms with van der Waals surface area (Å²) in [5, 5.41) is 12.0. The summed E-state index contributed by atoms with van der Waals surface area (Å²) in [6.45, 7) is 4.27. The predicted molar refractivity (Wildman–Crippen MR) is 85.8 cm³/mol. The first-order chi connectivity index (χ1) is 11.1. The van der Waals surface area contributed by atoms with Crippen LogP contribution >= 0.6 is 0 Å². The number of hydrogen-bond donors (Lipinski definition) is 0. The van der Waals surface area contributed by atoms with Crippen molar-refractivity contribution in [3.8, 4) is 5.69 Å². The van der Waals surface area contributed by atoms with Crippen molar-refractivity contribution in [2.45, 2.75) is 19.8 Å². The molecule has 0 bridgehead atoms. The molecular weight excluding hydrogens is 292 g/mol. The molecule has 4 aromatic rings. The van der Waals surface area contributed by atoms with Crippen LogP contribution in [0.2, 0.25) is 0 Å². The standard InChI is InChI=1S/C16H14N6O/c1-10(2)11-3-5-12(6-4-11)21-8-7-13-14(15(21)23)19-20-16-17-9-18-22(13)16/h3-10H,1-2H3. The van der Waals surface area contributed by atoms with Crippen molar-refractivity contribution in [3.63, 3.8) is 0 Å². The molecule has 0 atom stereocenters. The second-order valence-electron chi connectivity index (χ2n) is 5.64. The second-order valence-corrected chi connectivity index (χ2v) is 5.64. The third-order valence-electron chi connectivity index (χ3n) is 3.88. The summed E-state index contributed by atoms with van der Waals surface area (Å²) >= 11 is 0. The van der Waals surface area contributed by atoms with Gasteiger partial charge < -0.3 is 0 Å². The lowest BCUT2D eigenvalue weighted by molar-refractivity contribution is 0.863. The van der Waals surface area contributed by atoms with E-state index in [1.54, 1.807) is 16.8 Å². The molecule has 0 aliphatic heterocycles. The van der Waals surface area contributed by atoms with Crippen LogP contribution in [-0.4, -0.2) is 29.4 Å². The van der Waals surface area contributed by atoms with Crippen molar-refractivity contribution >= 4 is 16.8 Å². The highest BCUT2D eigenvalue weighted by Crippen LogP contribution is 2.17. The molecule has 0 saturated heterocycles. The van der Waals surface area contributed by atoms with Gasteiger partial charge >= 0.3 is 0 Å². The normalized spacial score (nSPS) is 11.6. The highest BCUT2D eigenvalue weighted by Gasteiger charge is 2.11. The molecule has 0 fully saturated rings. The molecule has 0 N–H and O–H groups in total. The third-order valence-corrected chi connectivity index (χ3v) is 3.88. The molecule has 4 rings (SSSR count). The minimum Gasteiger partial charge on any atom is -0.282 e. The number of rotatable bonds is 2. The van der Waals surface area contributed by atoms with Crippen LogP contribution in [0, 0.1) is 0 Å². The SMILES string of the molecule is CC(C)c1ccc(-n2ccc3c(nnc4ncnn43)c2=O)cc1. The fourth-order valence-corrected chi connectivity index (χ4v) is 2.57. The van der Waals surface area contributed by atoms with Gasteiger partial charge in [0, 0.05) is 11.9 Å². The Morgan fingerprint density at radius 2 is 1.83 bits per heavy atom. The van der Waals surface area contributed by atoms with E-state index in [1.807, 2.05) is 24.3 Å². The summed E-state index contributed by atoms with van der Waals surface area (Å²) in [6, 6.07) is 9.73. The number of nitrogens with zero attached hydrogens (tertiary/aromatic N) is 6. The number of fused-ring (bicyclic) bond motifs is 3. The topological polar surface area (TPSA) is 78.0 Å². The van der Waals surface area contributed by atoms with E-state index in [0.717, 1.165) is 5.69 Å². The maximum absolute atomic E-state index is 12.7. The zero-order valence-electron chi connectivity index (χ0n) is 12.7. The second kappa shape index (κ2) is 4.98. The van der Waals surface area contributed by atoms with E-state index in [2.05, 4.69) is 34.1 Å². The van der Waals surface area contributed by atoms with Gasteiger partial charge in [0.25, 0.3) is 11.3 Å². The van der Waals surface area contributed by atoms with Gasteiger partial charge in [0.15, 0.2) is 5.52 Å². The third kappa shape index (κ3) is 2.09. The summed E-state index contributed by atoms with van der Waals surface area (Å²) in [4.78, 5) is 16.7. The van der Waals surface area contributed by atoms with Gasteiger partial charge in [0.05, 0.1) is 0 Å². The van der Waals surface area contributed by atoms with E-state index in [-0.39, 0.29) is 11.1 Å². The van der Waals surface area contributed by atoms with Crippen LogP contribution in [0.5, 0.6) is 0 Å². The average Bonchev–Trinajstić information content (AvgIpc) is 3.04. The van der Waals surface area contributed by atoms with Gasteiger partial charge in [-0.05, 0) is 29.7 Å². The molecule has 0 spiro atoms. The van der Waals surface area contributed by atoms with Crippen molar-refractivity contribution in [2.24, 2.45) is 0 Å². The van der Waals surface area contributed by atoms with Gasteiger partial charge in [0.1, 0.15) is 11.8 Å². The average molecular weight is 306 g/mol. The molecule has 0 radical (unpaired) electrons. The molecule has 3 heterocycles. The highest BCUT2D eigenvalue weighted by molar-refractivity contribution is 5.74. The summed E-state index contributed by atoms with van der Waals surface area (Å²) in [6.07, 6.45) is 3.11. The van der Waals surface area contributed by atoms with Crippen LogP contribution in [0.3, 0.4) is 0 Å². The predicted octanol–water partition coefficient (Wildman–Crippen LogP) is 1.95. The number of benzene rings is 1. The fourth-order valence-electron chi connectivity index (χ4n) is 2.57. The first kappa shape index (κ1) is 13.6. The van der Waals surface area contributed by atoms with Crippen LogP contribution in [0.1, 0.15) is 25.3 Å². The highest BCUT2D eigenvalue weighted by atomic mass is 16.1. The Bertz CT molecular complexity index is 1060. The molecule has 1 aromatic carbocycles. The Labute approximate surface area is 131 Å². The van der Waals surface area contributed by atoms with Gasteiger partial charge in [-0.3, -0.25) is 9.36 Å². The summed E-state index contributed by atoms with van der Waals surface area (Å²) in [7, 11) is 0. The minimum absolute atomic E-state index is 0.232. The zero-order chi connectivity index (χ0) is 16.0. The lowest BCUT2D eigenvalue weighted by atomic mass is 10.0. The first-order valence-electron chi connectivity index (χ1n) is 7.33. The molecule has 114 valence electrons. The first-order valence-corrected chi connectivity index (χ1v) is 7.33.